The number of carbonyl (C=O) groups is 1. The molecular weight excluding hydrogens is 224 g/mol. The molecule has 94 valence electrons. The van der Waals surface area contributed by atoms with E-state index in [-0.39, 0.29) is 11.8 Å². The molecule has 0 atom stereocenters. The highest BCUT2D eigenvalue weighted by atomic mass is 16.2. The molecule has 1 fully saturated rings. The van der Waals surface area contributed by atoms with Gasteiger partial charge in [-0.1, -0.05) is 24.3 Å². The number of hydrogen-bond acceptors (Lipinski definition) is 2. The Bertz CT molecular complexity index is 468. The van der Waals surface area contributed by atoms with Crippen molar-refractivity contribution in [2.45, 2.75) is 26.2 Å². The summed E-state index contributed by atoms with van der Waals surface area (Å²) in [5, 5.41) is 8.83. The number of rotatable bonds is 2. The summed E-state index contributed by atoms with van der Waals surface area (Å²) >= 11 is 0. The van der Waals surface area contributed by atoms with Gasteiger partial charge in [-0.05, 0) is 30.9 Å². The van der Waals surface area contributed by atoms with E-state index in [0.29, 0.717) is 6.42 Å². The van der Waals surface area contributed by atoms with E-state index in [4.69, 9.17) is 5.26 Å². The lowest BCUT2D eigenvalue weighted by atomic mass is 9.97. The van der Waals surface area contributed by atoms with Crippen LogP contribution in [0.2, 0.25) is 0 Å². The first-order valence-corrected chi connectivity index (χ1v) is 6.42. The minimum atomic E-state index is 0.132. The molecule has 1 aliphatic heterocycles. The topological polar surface area (TPSA) is 44.1 Å². The number of aryl methyl sites for hydroxylation is 1. The Balaban J connectivity index is 1.94. The van der Waals surface area contributed by atoms with Gasteiger partial charge in [0.05, 0.1) is 12.5 Å². The summed E-state index contributed by atoms with van der Waals surface area (Å²) in [6.45, 7) is 3.48. The zero-order chi connectivity index (χ0) is 13.0. The van der Waals surface area contributed by atoms with E-state index in [2.05, 4.69) is 6.07 Å². The van der Waals surface area contributed by atoms with Gasteiger partial charge in [0.15, 0.2) is 0 Å². The van der Waals surface area contributed by atoms with E-state index in [1.165, 1.54) is 0 Å². The van der Waals surface area contributed by atoms with E-state index < -0.39 is 0 Å². The van der Waals surface area contributed by atoms with Crippen molar-refractivity contribution in [3.05, 3.63) is 35.4 Å². The van der Waals surface area contributed by atoms with Gasteiger partial charge in [0.2, 0.25) is 5.91 Å². The summed E-state index contributed by atoms with van der Waals surface area (Å²) in [5.74, 6) is 0.313. The van der Waals surface area contributed by atoms with Crippen molar-refractivity contribution in [2.24, 2.45) is 5.92 Å². The van der Waals surface area contributed by atoms with E-state index in [9.17, 15) is 4.79 Å². The molecule has 0 radical (unpaired) electrons. The molecular formula is C15H18N2O. The molecule has 0 spiro atoms. The van der Waals surface area contributed by atoms with Gasteiger partial charge in [0.1, 0.15) is 0 Å². The predicted molar refractivity (Wildman–Crippen MR) is 69.8 cm³/mol. The third-order valence-corrected chi connectivity index (χ3v) is 3.63. The highest BCUT2D eigenvalue weighted by molar-refractivity contribution is 5.79. The number of piperidine rings is 1. The number of nitrogens with zero attached hydrogens (tertiary/aromatic N) is 2. The molecule has 0 unspecified atom stereocenters. The third kappa shape index (κ3) is 2.89. The van der Waals surface area contributed by atoms with E-state index in [1.54, 1.807) is 0 Å². The summed E-state index contributed by atoms with van der Waals surface area (Å²) in [4.78, 5) is 14.0. The summed E-state index contributed by atoms with van der Waals surface area (Å²) in [6.07, 6.45) is 2.11. The van der Waals surface area contributed by atoms with E-state index >= 15 is 0 Å². The number of carbonyl (C=O) groups excluding carboxylic acids is 1. The maximum Gasteiger partial charge on any atom is 0.227 e. The van der Waals surface area contributed by atoms with E-state index in [0.717, 1.165) is 37.1 Å². The molecule has 1 aromatic rings. The number of benzene rings is 1. The fourth-order valence-corrected chi connectivity index (χ4v) is 2.34. The number of amides is 1. The Hall–Kier alpha value is -1.82. The second kappa shape index (κ2) is 5.68. The summed E-state index contributed by atoms with van der Waals surface area (Å²) in [6, 6.07) is 10.3. The molecule has 1 heterocycles. The van der Waals surface area contributed by atoms with Gasteiger partial charge in [-0.2, -0.15) is 5.26 Å². The van der Waals surface area contributed by atoms with Gasteiger partial charge >= 0.3 is 0 Å². The van der Waals surface area contributed by atoms with Crippen LogP contribution in [0.5, 0.6) is 0 Å². The molecule has 1 aliphatic rings. The first-order valence-electron chi connectivity index (χ1n) is 6.42. The predicted octanol–water partition coefficient (Wildman–Crippen LogP) is 2.30. The fourth-order valence-electron chi connectivity index (χ4n) is 2.34. The number of nitriles is 1. The number of hydrogen-bond donors (Lipinski definition) is 0. The molecule has 2 rings (SSSR count). The van der Waals surface area contributed by atoms with Crippen molar-refractivity contribution in [2.75, 3.05) is 13.1 Å². The van der Waals surface area contributed by atoms with Gasteiger partial charge in [-0.25, -0.2) is 0 Å². The summed E-state index contributed by atoms with van der Waals surface area (Å²) in [7, 11) is 0. The van der Waals surface area contributed by atoms with Gasteiger partial charge in [0.25, 0.3) is 0 Å². The summed E-state index contributed by atoms with van der Waals surface area (Å²) < 4.78 is 0. The average Bonchev–Trinajstić information content (AvgIpc) is 2.41. The Labute approximate surface area is 108 Å². The highest BCUT2D eigenvalue weighted by Gasteiger charge is 2.22. The van der Waals surface area contributed by atoms with Crippen LogP contribution in [0, 0.1) is 24.2 Å². The first-order chi connectivity index (χ1) is 8.70. The lowest BCUT2D eigenvalue weighted by Crippen LogP contribution is -2.39. The molecule has 3 heteroatoms. The molecule has 0 saturated carbocycles. The molecule has 1 amide bonds. The van der Waals surface area contributed by atoms with Crippen molar-refractivity contribution in [3.63, 3.8) is 0 Å². The maximum atomic E-state index is 12.2. The highest BCUT2D eigenvalue weighted by Crippen LogP contribution is 2.17. The maximum absolute atomic E-state index is 12.2. The van der Waals surface area contributed by atoms with Gasteiger partial charge in [-0.3, -0.25) is 4.79 Å². The average molecular weight is 242 g/mol. The van der Waals surface area contributed by atoms with Crippen molar-refractivity contribution in [1.29, 1.82) is 5.26 Å². The molecule has 0 aliphatic carbocycles. The van der Waals surface area contributed by atoms with E-state index in [1.807, 2.05) is 36.1 Å². The van der Waals surface area contributed by atoms with Gasteiger partial charge in [0, 0.05) is 19.0 Å². The molecule has 0 aromatic heterocycles. The Kier molecular flexibility index (Phi) is 3.99. The quantitative estimate of drug-likeness (QED) is 0.798. The normalized spacial score (nSPS) is 16.3. The number of likely N-dealkylation sites (tertiary alicyclic amines) is 1. The van der Waals surface area contributed by atoms with Crippen molar-refractivity contribution >= 4 is 5.91 Å². The van der Waals surface area contributed by atoms with Crippen LogP contribution >= 0.6 is 0 Å². The molecule has 1 aromatic carbocycles. The largest absolute Gasteiger partial charge is 0.342 e. The molecule has 0 N–H and O–H groups in total. The minimum absolute atomic E-state index is 0.132. The van der Waals surface area contributed by atoms with Crippen LogP contribution in [-0.2, 0) is 11.2 Å². The van der Waals surface area contributed by atoms with Crippen LogP contribution in [0.3, 0.4) is 0 Å². The van der Waals surface area contributed by atoms with Crippen molar-refractivity contribution in [3.8, 4) is 6.07 Å². The molecule has 0 bridgehead atoms. The van der Waals surface area contributed by atoms with Crippen LogP contribution in [0.1, 0.15) is 24.0 Å². The van der Waals surface area contributed by atoms with Crippen LogP contribution in [0.4, 0.5) is 0 Å². The first kappa shape index (κ1) is 12.6. The summed E-state index contributed by atoms with van der Waals surface area (Å²) in [5.41, 5.74) is 2.27. The molecule has 18 heavy (non-hydrogen) atoms. The van der Waals surface area contributed by atoms with Gasteiger partial charge in [-0.15, -0.1) is 0 Å². The second-order valence-corrected chi connectivity index (χ2v) is 4.89. The zero-order valence-electron chi connectivity index (χ0n) is 10.7. The molecule has 3 nitrogen and oxygen atoms in total. The lowest BCUT2D eigenvalue weighted by Gasteiger charge is -2.29. The van der Waals surface area contributed by atoms with Crippen molar-refractivity contribution < 1.29 is 4.79 Å². The van der Waals surface area contributed by atoms with Crippen LogP contribution in [0.15, 0.2) is 24.3 Å². The Morgan fingerprint density at radius 3 is 2.67 bits per heavy atom. The van der Waals surface area contributed by atoms with Crippen LogP contribution in [0.25, 0.3) is 0 Å². The third-order valence-electron chi connectivity index (χ3n) is 3.63. The Morgan fingerprint density at radius 2 is 2.06 bits per heavy atom. The second-order valence-electron chi connectivity index (χ2n) is 4.89. The van der Waals surface area contributed by atoms with Gasteiger partial charge < -0.3 is 4.90 Å². The van der Waals surface area contributed by atoms with Crippen LogP contribution in [-0.4, -0.2) is 23.9 Å². The monoisotopic (exact) mass is 242 g/mol. The SMILES string of the molecule is Cc1ccccc1CC(=O)N1CCC(C#N)CC1. The lowest BCUT2D eigenvalue weighted by molar-refractivity contribution is -0.131. The minimum Gasteiger partial charge on any atom is -0.342 e. The zero-order valence-corrected chi connectivity index (χ0v) is 10.7. The standard InChI is InChI=1S/C15H18N2O/c1-12-4-2-3-5-14(12)10-15(18)17-8-6-13(11-16)7-9-17/h2-5,13H,6-10H2,1H3. The molecule has 1 saturated heterocycles. The smallest absolute Gasteiger partial charge is 0.227 e. The van der Waals surface area contributed by atoms with Crippen LogP contribution < -0.4 is 0 Å². The fraction of sp³-hybridized carbons (Fsp3) is 0.467. The Morgan fingerprint density at radius 1 is 1.39 bits per heavy atom. The van der Waals surface area contributed by atoms with Crippen molar-refractivity contribution in [1.82, 2.24) is 4.90 Å².